The molecule has 2 aliphatic rings. The molecule has 4 amide bonds. The van der Waals surface area contributed by atoms with Gasteiger partial charge in [-0.1, -0.05) is 16.9 Å². The number of carboxylic acid groups (broad SMARTS) is 1. The second-order valence-electron chi connectivity index (χ2n) is 13.0. The zero-order valence-corrected chi connectivity index (χ0v) is 31.4. The molecule has 20 nitrogen and oxygen atoms in total. The predicted octanol–water partition coefficient (Wildman–Crippen LogP) is 1.49. The van der Waals surface area contributed by atoms with Gasteiger partial charge in [-0.05, 0) is 65.2 Å². The number of esters is 1. The molecule has 52 heavy (non-hydrogen) atoms. The van der Waals surface area contributed by atoms with Gasteiger partial charge < -0.3 is 35.4 Å². The van der Waals surface area contributed by atoms with Gasteiger partial charge in [0.1, 0.15) is 34.0 Å². The highest BCUT2D eigenvalue weighted by molar-refractivity contribution is 8.01. The molecule has 4 rings (SSSR count). The fourth-order valence-corrected chi connectivity index (χ4v) is 7.99. The minimum Gasteiger partial charge on any atom is -0.477 e. The molecule has 1 fully saturated rings. The summed E-state index contributed by atoms with van der Waals surface area (Å²) in [7, 11) is 0. The first-order valence-corrected chi connectivity index (χ1v) is 18.4. The number of H-pyrrole nitrogens is 1. The van der Waals surface area contributed by atoms with E-state index in [1.165, 1.54) is 17.1 Å². The van der Waals surface area contributed by atoms with Crippen molar-refractivity contribution in [2.24, 2.45) is 5.16 Å². The number of nitrogens with one attached hydrogen (secondary N) is 4. The van der Waals surface area contributed by atoms with E-state index in [1.54, 1.807) is 41.5 Å². The topological polar surface area (TPSA) is 269 Å². The van der Waals surface area contributed by atoms with Gasteiger partial charge >= 0.3 is 18.0 Å². The van der Waals surface area contributed by atoms with Crippen molar-refractivity contribution in [3.05, 3.63) is 22.3 Å². The first-order valence-electron chi connectivity index (χ1n) is 15.6. The van der Waals surface area contributed by atoms with E-state index in [0.717, 1.165) is 28.0 Å². The molecule has 23 heteroatoms. The van der Waals surface area contributed by atoms with Crippen LogP contribution in [0.4, 0.5) is 9.93 Å². The molecule has 4 heterocycles. The average molecular weight is 783 g/mol. The molecule has 0 bridgehead atoms. The Morgan fingerprint density at radius 3 is 2.56 bits per heavy atom. The third-order valence-electron chi connectivity index (χ3n) is 6.66. The molecule has 0 radical (unpaired) electrons. The van der Waals surface area contributed by atoms with Crippen LogP contribution in [-0.2, 0) is 38.3 Å². The minimum absolute atomic E-state index is 0.0214. The van der Waals surface area contributed by atoms with Gasteiger partial charge in [0.15, 0.2) is 10.8 Å². The number of fused-ring (bicyclic) bond motifs is 1. The lowest BCUT2D eigenvalue weighted by Crippen LogP contribution is -2.71. The Morgan fingerprint density at radius 2 is 1.92 bits per heavy atom. The normalized spacial score (nSPS) is 18.1. The predicted molar refractivity (Wildman–Crippen MR) is 187 cm³/mol. The van der Waals surface area contributed by atoms with E-state index in [9.17, 15) is 33.9 Å². The second-order valence-corrected chi connectivity index (χ2v) is 16.1. The quantitative estimate of drug-likeness (QED) is 0.0307. The summed E-state index contributed by atoms with van der Waals surface area (Å²) in [5, 5.41) is 36.1. The molecule has 2 aliphatic heterocycles. The number of thioether (sulfide) groups is 2. The Morgan fingerprint density at radius 1 is 1.19 bits per heavy atom. The number of alkyl carbamates (subject to hydrolysis) is 1. The van der Waals surface area contributed by atoms with Crippen LogP contribution in [0.5, 0.6) is 0 Å². The lowest BCUT2D eigenvalue weighted by molar-refractivity contribution is -0.160. The molecule has 2 unspecified atom stereocenters. The number of carboxylic acids is 1. The van der Waals surface area contributed by atoms with Gasteiger partial charge in [0.2, 0.25) is 18.2 Å². The first-order chi connectivity index (χ1) is 24.5. The largest absolute Gasteiger partial charge is 0.477 e. The Labute approximate surface area is 309 Å². The fraction of sp³-hybridized carbons (Fsp3) is 0.552. The maximum atomic E-state index is 13.6. The Bertz CT molecular complexity index is 1720. The second kappa shape index (κ2) is 17.2. The maximum absolute atomic E-state index is 13.6. The number of carbonyl (C=O) groups is 6. The lowest BCUT2D eigenvalue weighted by Gasteiger charge is -2.50. The number of tetrazole rings is 1. The molecule has 3 atom stereocenters. The number of rotatable bonds is 16. The number of oxime groups is 1. The van der Waals surface area contributed by atoms with E-state index in [1.807, 2.05) is 0 Å². The highest BCUT2D eigenvalue weighted by atomic mass is 32.2. The van der Waals surface area contributed by atoms with Gasteiger partial charge in [-0.2, -0.15) is 5.21 Å². The zero-order chi connectivity index (χ0) is 38.2. The molecule has 0 aromatic carbocycles. The number of hydrogen-bond acceptors (Lipinski definition) is 17. The van der Waals surface area contributed by atoms with E-state index in [0.29, 0.717) is 24.8 Å². The Kier molecular flexibility index (Phi) is 13.2. The number of aliphatic carboxylic acids is 1. The highest BCUT2D eigenvalue weighted by Gasteiger charge is 2.55. The van der Waals surface area contributed by atoms with E-state index < -0.39 is 70.0 Å². The van der Waals surface area contributed by atoms with Gasteiger partial charge in [0, 0.05) is 22.9 Å². The average Bonchev–Trinajstić information content (AvgIpc) is 3.73. The third-order valence-corrected chi connectivity index (χ3v) is 9.93. The summed E-state index contributed by atoms with van der Waals surface area (Å²) in [4.78, 5) is 85.3. The smallest absolute Gasteiger partial charge is 0.407 e. The van der Waals surface area contributed by atoms with Crippen LogP contribution >= 0.6 is 34.9 Å². The molecule has 282 valence electrons. The number of hydrogen-bond donors (Lipinski definition) is 5. The monoisotopic (exact) mass is 782 g/mol. The molecule has 0 aliphatic carbocycles. The van der Waals surface area contributed by atoms with Crippen LogP contribution in [0.1, 0.15) is 60.1 Å². The van der Waals surface area contributed by atoms with Gasteiger partial charge in [0.25, 0.3) is 11.8 Å². The van der Waals surface area contributed by atoms with E-state index in [-0.39, 0.29) is 34.0 Å². The zero-order valence-electron chi connectivity index (χ0n) is 29.0. The molecule has 0 saturated carbocycles. The molecular formula is C29H38N10O10S3. The summed E-state index contributed by atoms with van der Waals surface area (Å²) in [5.74, 6) is -3.52. The van der Waals surface area contributed by atoms with Crippen LogP contribution < -0.4 is 16.0 Å². The number of β-lactam (4-membered cyclic amide) rings is 1. The van der Waals surface area contributed by atoms with Crippen molar-refractivity contribution in [1.29, 1.82) is 0 Å². The van der Waals surface area contributed by atoms with Gasteiger partial charge in [-0.15, -0.1) is 33.3 Å². The number of nitrogens with zero attached hydrogens (tertiary/aromatic N) is 6. The number of aromatic nitrogens is 5. The standard InChI is InChI=1S/C29H38N10O10S3/c1-28(2,3)48-17(41)10-47-36-18(15-12-51-25(32-15)31-13-40)21(42)33-19-22(43)39-20(24(44)45)14(11-50-23(19)39)16(52-26-34-37-38-35-26)8-7-9-30-27(46)49-29(4,5)6/h12-13,16,19,23H,7-11H2,1-6H3,(H,30,46)(H,33,42)(H,44,45)(H,31,32,40)(H,34,35,37,38)/t16?,19?,23-/m1/s1. The summed E-state index contributed by atoms with van der Waals surface area (Å²) in [6, 6.07) is -1.16. The van der Waals surface area contributed by atoms with Crippen molar-refractivity contribution in [3.63, 3.8) is 0 Å². The Balaban J connectivity index is 1.51. The van der Waals surface area contributed by atoms with Gasteiger partial charge in [-0.25, -0.2) is 19.4 Å². The van der Waals surface area contributed by atoms with Crippen LogP contribution in [0.15, 0.2) is 27.0 Å². The molecule has 1 saturated heterocycles. The molecule has 5 N–H and O–H groups in total. The third kappa shape index (κ3) is 10.9. The van der Waals surface area contributed by atoms with E-state index in [2.05, 4.69) is 46.7 Å². The molecule has 2 aromatic heterocycles. The molecule has 0 spiro atoms. The number of anilines is 1. The summed E-state index contributed by atoms with van der Waals surface area (Å²) in [6.07, 6.45) is 0.595. The van der Waals surface area contributed by atoms with Crippen LogP contribution in [0.3, 0.4) is 0 Å². The number of aromatic amines is 1. The Hall–Kier alpha value is -4.77. The van der Waals surface area contributed by atoms with Gasteiger partial charge in [-0.3, -0.25) is 19.3 Å². The first kappa shape index (κ1) is 40.0. The summed E-state index contributed by atoms with van der Waals surface area (Å²) in [6.45, 7) is 9.82. The lowest BCUT2D eigenvalue weighted by atomic mass is 9.99. The number of amides is 4. The SMILES string of the molecule is CC(C)(C)OC(=O)CON=C(C(=O)NC1C(=O)N2C(C(=O)O)=C(C(CCCNC(=O)OC(C)(C)C)Sc3nn[nH]n3)CS[C@H]12)c1csc(NC=O)n1. The van der Waals surface area contributed by atoms with Crippen molar-refractivity contribution < 1.29 is 48.2 Å². The summed E-state index contributed by atoms with van der Waals surface area (Å²) in [5.41, 5.74) is -1.71. The molecule has 2 aromatic rings. The van der Waals surface area contributed by atoms with Crippen molar-refractivity contribution in [3.8, 4) is 0 Å². The van der Waals surface area contributed by atoms with Crippen LogP contribution in [0.2, 0.25) is 0 Å². The summed E-state index contributed by atoms with van der Waals surface area (Å²) < 4.78 is 10.5. The van der Waals surface area contributed by atoms with Gasteiger partial charge in [0.05, 0.1) is 0 Å². The number of ether oxygens (including phenoxy) is 2. The van der Waals surface area contributed by atoms with Crippen molar-refractivity contribution in [2.75, 3.05) is 24.2 Å². The van der Waals surface area contributed by atoms with E-state index >= 15 is 0 Å². The van der Waals surface area contributed by atoms with E-state index in [4.69, 9.17) is 14.3 Å². The number of carbonyl (C=O) groups excluding carboxylic acids is 5. The highest BCUT2D eigenvalue weighted by Crippen LogP contribution is 2.44. The fourth-order valence-electron chi connectivity index (χ4n) is 4.75. The van der Waals surface area contributed by atoms with Crippen molar-refractivity contribution in [2.45, 2.75) is 87.4 Å². The molecular weight excluding hydrogens is 745 g/mol. The summed E-state index contributed by atoms with van der Waals surface area (Å²) >= 11 is 3.38. The van der Waals surface area contributed by atoms with Crippen LogP contribution in [0, 0.1) is 0 Å². The van der Waals surface area contributed by atoms with Crippen LogP contribution in [0.25, 0.3) is 0 Å². The number of thiazole rings is 1. The van der Waals surface area contributed by atoms with Crippen molar-refractivity contribution in [1.82, 2.24) is 41.1 Å². The minimum atomic E-state index is -1.35. The van der Waals surface area contributed by atoms with Crippen LogP contribution in [-0.4, -0.2) is 124 Å². The maximum Gasteiger partial charge on any atom is 0.407 e. The van der Waals surface area contributed by atoms with Crippen molar-refractivity contribution >= 4 is 82.0 Å².